The van der Waals surface area contributed by atoms with E-state index in [2.05, 4.69) is 0 Å². The summed E-state index contributed by atoms with van der Waals surface area (Å²) in [6.45, 7) is 5.90. The van der Waals surface area contributed by atoms with Gasteiger partial charge < -0.3 is 9.47 Å². The predicted molar refractivity (Wildman–Crippen MR) is 64.8 cm³/mol. The van der Waals surface area contributed by atoms with Crippen LogP contribution in [0.2, 0.25) is 0 Å². The predicted octanol–water partition coefficient (Wildman–Crippen LogP) is 1.25. The topological polar surface area (TPSA) is 61.8 Å². The van der Waals surface area contributed by atoms with Crippen LogP contribution in [0.25, 0.3) is 0 Å². The van der Waals surface area contributed by atoms with Crippen molar-refractivity contribution < 1.29 is 22.1 Å². The van der Waals surface area contributed by atoms with Crippen LogP contribution >= 0.6 is 11.6 Å². The average molecular weight is 297 g/mol. The summed E-state index contributed by atoms with van der Waals surface area (Å²) in [5.41, 5.74) is -0.726. The van der Waals surface area contributed by atoms with E-state index in [0.717, 1.165) is 0 Å². The van der Waals surface area contributed by atoms with E-state index in [-0.39, 0.29) is 23.7 Å². The fraction of sp³-hybridized carbons (Fsp3) is 1.00. The monoisotopic (exact) mass is 296 g/mol. The molecule has 5 nitrogen and oxygen atoms in total. The van der Waals surface area contributed by atoms with Gasteiger partial charge in [-0.1, -0.05) is 32.4 Å². The molecule has 0 aromatic carbocycles. The highest BCUT2D eigenvalue weighted by Gasteiger charge is 2.66. The summed E-state index contributed by atoms with van der Waals surface area (Å²) in [6.07, 6.45) is -1.06. The SMILES string of the molecule is CC(C)(C)C(Cl)OC1C2CC3C(O2)C1OS3(=O)=O. The molecule has 0 N–H and O–H groups in total. The Balaban J connectivity index is 1.78. The Morgan fingerprint density at radius 1 is 1.33 bits per heavy atom. The normalized spacial score (nSPS) is 46.6. The minimum atomic E-state index is -3.48. The molecular formula is C11H17ClO5S. The van der Waals surface area contributed by atoms with Crippen molar-refractivity contribution in [2.75, 3.05) is 0 Å². The van der Waals surface area contributed by atoms with Gasteiger partial charge in [0.05, 0.1) is 6.10 Å². The second-order valence-electron chi connectivity index (χ2n) is 6.25. The van der Waals surface area contributed by atoms with Crippen LogP contribution in [0.4, 0.5) is 0 Å². The summed E-state index contributed by atoms with van der Waals surface area (Å²) in [5.74, 6) is 0. The third kappa shape index (κ3) is 1.81. The van der Waals surface area contributed by atoms with Crippen molar-refractivity contribution in [2.45, 2.75) is 62.4 Å². The standard InChI is InChI=1S/C11H17ClO5S/c1-11(2,3)10(12)16-7-5-4-6-8(15-5)9(7)17-18(6,13)14/h5-10H,4H2,1-3H3. The third-order valence-corrected chi connectivity index (χ3v) is 6.20. The first-order valence-corrected chi connectivity index (χ1v) is 7.98. The van der Waals surface area contributed by atoms with Gasteiger partial charge in [-0.25, -0.2) is 0 Å². The molecule has 2 bridgehead atoms. The largest absolute Gasteiger partial charge is 0.368 e. The Labute approximate surface area is 112 Å². The van der Waals surface area contributed by atoms with E-state index in [4.69, 9.17) is 25.3 Å². The van der Waals surface area contributed by atoms with Crippen LogP contribution in [-0.4, -0.2) is 43.6 Å². The lowest BCUT2D eigenvalue weighted by Crippen LogP contribution is -2.43. The second kappa shape index (κ2) is 3.82. The van der Waals surface area contributed by atoms with Crippen LogP contribution in [-0.2, 0) is 23.8 Å². The van der Waals surface area contributed by atoms with E-state index >= 15 is 0 Å². The van der Waals surface area contributed by atoms with Gasteiger partial charge in [0.15, 0.2) is 0 Å². The molecule has 18 heavy (non-hydrogen) atoms. The molecule has 0 saturated carbocycles. The van der Waals surface area contributed by atoms with Crippen LogP contribution in [0.3, 0.4) is 0 Å². The molecule has 0 radical (unpaired) electrons. The lowest BCUT2D eigenvalue weighted by Gasteiger charge is -2.31. The highest BCUT2D eigenvalue weighted by molar-refractivity contribution is 7.87. The fourth-order valence-corrected chi connectivity index (χ4v) is 4.50. The first-order valence-electron chi connectivity index (χ1n) is 6.07. The zero-order chi connectivity index (χ0) is 13.3. The quantitative estimate of drug-likeness (QED) is 0.567. The molecule has 104 valence electrons. The lowest BCUT2D eigenvalue weighted by molar-refractivity contribution is -0.0722. The van der Waals surface area contributed by atoms with Gasteiger partial charge in [-0.05, 0) is 6.42 Å². The minimum absolute atomic E-state index is 0.217. The van der Waals surface area contributed by atoms with Gasteiger partial charge in [-0.15, -0.1) is 0 Å². The minimum Gasteiger partial charge on any atom is -0.368 e. The molecule has 0 aromatic rings. The van der Waals surface area contributed by atoms with Gasteiger partial charge in [0.25, 0.3) is 10.1 Å². The van der Waals surface area contributed by atoms with Crippen LogP contribution in [0.5, 0.6) is 0 Å². The van der Waals surface area contributed by atoms with Crippen molar-refractivity contribution in [1.29, 1.82) is 0 Å². The number of hydrogen-bond acceptors (Lipinski definition) is 5. The Hall–Kier alpha value is 0.120. The summed E-state index contributed by atoms with van der Waals surface area (Å²) in [6, 6.07) is 0. The number of alkyl halides is 1. The average Bonchev–Trinajstić information content (AvgIpc) is 2.80. The van der Waals surface area contributed by atoms with Crippen LogP contribution in [0.1, 0.15) is 27.2 Å². The van der Waals surface area contributed by atoms with Gasteiger partial charge >= 0.3 is 0 Å². The molecular weight excluding hydrogens is 280 g/mol. The maximum absolute atomic E-state index is 11.7. The summed E-state index contributed by atoms with van der Waals surface area (Å²) in [5, 5.41) is -0.518. The molecule has 0 aliphatic carbocycles. The summed E-state index contributed by atoms with van der Waals surface area (Å²) < 4.78 is 40.0. The van der Waals surface area contributed by atoms with E-state index in [1.807, 2.05) is 20.8 Å². The van der Waals surface area contributed by atoms with Crippen molar-refractivity contribution in [3.05, 3.63) is 0 Å². The Kier molecular flexibility index (Phi) is 2.79. The van der Waals surface area contributed by atoms with Gasteiger partial charge in [0.2, 0.25) is 0 Å². The molecule has 3 aliphatic rings. The molecule has 3 fully saturated rings. The highest BCUT2D eigenvalue weighted by Crippen LogP contribution is 2.48. The van der Waals surface area contributed by atoms with Crippen molar-refractivity contribution in [3.63, 3.8) is 0 Å². The molecule has 0 aromatic heterocycles. The molecule has 3 heterocycles. The van der Waals surface area contributed by atoms with E-state index in [0.29, 0.717) is 6.42 Å². The molecule has 6 unspecified atom stereocenters. The number of ether oxygens (including phenoxy) is 2. The van der Waals surface area contributed by atoms with Gasteiger partial charge in [-0.3, -0.25) is 4.18 Å². The first-order chi connectivity index (χ1) is 8.20. The van der Waals surface area contributed by atoms with E-state index in [9.17, 15) is 8.42 Å². The molecule has 0 amide bonds. The van der Waals surface area contributed by atoms with E-state index in [1.165, 1.54) is 0 Å². The Morgan fingerprint density at radius 3 is 2.61 bits per heavy atom. The first kappa shape index (κ1) is 13.1. The molecule has 3 saturated heterocycles. The van der Waals surface area contributed by atoms with Crippen LogP contribution in [0, 0.1) is 5.41 Å². The lowest BCUT2D eigenvalue weighted by atomic mass is 9.93. The number of fused-ring (bicyclic) bond motifs is 1. The summed E-state index contributed by atoms with van der Waals surface area (Å²) in [7, 11) is -3.48. The maximum Gasteiger partial charge on any atom is 0.273 e. The zero-order valence-corrected chi connectivity index (χ0v) is 12.1. The maximum atomic E-state index is 11.7. The second-order valence-corrected chi connectivity index (χ2v) is 8.43. The number of hydrogen-bond donors (Lipinski definition) is 0. The molecule has 3 rings (SSSR count). The van der Waals surface area contributed by atoms with E-state index < -0.39 is 27.0 Å². The van der Waals surface area contributed by atoms with Crippen LogP contribution < -0.4 is 0 Å². The molecule has 0 spiro atoms. The third-order valence-electron chi connectivity index (χ3n) is 3.75. The smallest absolute Gasteiger partial charge is 0.273 e. The van der Waals surface area contributed by atoms with Crippen molar-refractivity contribution in [2.24, 2.45) is 5.41 Å². The van der Waals surface area contributed by atoms with Gasteiger partial charge in [-0.2, -0.15) is 8.42 Å². The number of rotatable bonds is 2. The number of halogens is 1. The Bertz CT molecular complexity index is 457. The molecule has 3 aliphatic heterocycles. The summed E-state index contributed by atoms with van der Waals surface area (Å²) in [4.78, 5) is 0. The van der Waals surface area contributed by atoms with Gasteiger partial charge in [0.1, 0.15) is 29.1 Å². The van der Waals surface area contributed by atoms with Crippen molar-refractivity contribution in [1.82, 2.24) is 0 Å². The molecule has 6 atom stereocenters. The molecule has 7 heteroatoms. The Morgan fingerprint density at radius 2 is 2.00 bits per heavy atom. The summed E-state index contributed by atoms with van der Waals surface area (Å²) >= 11 is 6.20. The van der Waals surface area contributed by atoms with Gasteiger partial charge in [0, 0.05) is 5.41 Å². The van der Waals surface area contributed by atoms with Crippen LogP contribution in [0.15, 0.2) is 0 Å². The van der Waals surface area contributed by atoms with E-state index in [1.54, 1.807) is 0 Å². The van der Waals surface area contributed by atoms with Crippen molar-refractivity contribution in [3.8, 4) is 0 Å². The zero-order valence-electron chi connectivity index (χ0n) is 10.5. The van der Waals surface area contributed by atoms with Crippen molar-refractivity contribution >= 4 is 21.7 Å². The fourth-order valence-electron chi connectivity index (χ4n) is 2.73. The highest BCUT2D eigenvalue weighted by atomic mass is 35.5.